The fourth-order valence-corrected chi connectivity index (χ4v) is 9.61. The Morgan fingerprint density at radius 1 is 1.17 bits per heavy atom. The van der Waals surface area contributed by atoms with Crippen LogP contribution >= 0.6 is 0 Å². The van der Waals surface area contributed by atoms with Crippen molar-refractivity contribution < 1.29 is 14.3 Å². The SMILES string of the molecule is COc1ccc2c(c1)C13CCN(CC4CC4)C(C2)C12CCC1C3[C@@H](CN1C(=O)C1C=CC=CC1C)O2. The summed E-state index contributed by atoms with van der Waals surface area (Å²) >= 11 is 0. The van der Waals surface area contributed by atoms with Gasteiger partial charge in [0.2, 0.25) is 5.91 Å². The molecule has 1 aromatic carbocycles. The lowest BCUT2D eigenvalue weighted by Gasteiger charge is -2.65. The summed E-state index contributed by atoms with van der Waals surface area (Å²) in [5, 5.41) is 0. The number of methoxy groups -OCH3 is 1. The van der Waals surface area contributed by atoms with Crippen LogP contribution in [0.1, 0.15) is 50.2 Å². The molecular weight excluding hydrogens is 448 g/mol. The van der Waals surface area contributed by atoms with E-state index in [9.17, 15) is 4.79 Å². The van der Waals surface area contributed by atoms with Crippen LogP contribution in [0.15, 0.2) is 42.5 Å². The summed E-state index contributed by atoms with van der Waals surface area (Å²) in [5.41, 5.74) is 2.82. The summed E-state index contributed by atoms with van der Waals surface area (Å²) < 4.78 is 13.1. The van der Waals surface area contributed by atoms with Gasteiger partial charge >= 0.3 is 0 Å². The molecule has 7 unspecified atom stereocenters. The van der Waals surface area contributed by atoms with E-state index in [4.69, 9.17) is 9.47 Å². The van der Waals surface area contributed by atoms with E-state index in [2.05, 4.69) is 53.2 Å². The minimum atomic E-state index is -0.124. The summed E-state index contributed by atoms with van der Waals surface area (Å²) in [7, 11) is 1.78. The van der Waals surface area contributed by atoms with E-state index in [0.29, 0.717) is 17.9 Å². The van der Waals surface area contributed by atoms with Gasteiger partial charge in [-0.05, 0) is 80.2 Å². The molecule has 0 spiro atoms. The number of nitrogens with zero attached hydrogens (tertiary/aromatic N) is 2. The predicted molar refractivity (Wildman–Crippen MR) is 138 cm³/mol. The molecule has 36 heavy (non-hydrogen) atoms. The average Bonchev–Trinajstić information content (AvgIpc) is 3.58. The number of amides is 1. The number of ether oxygens (including phenoxy) is 2. The first-order chi connectivity index (χ1) is 17.6. The van der Waals surface area contributed by atoms with Crippen LogP contribution in [0.3, 0.4) is 0 Å². The lowest BCUT2D eigenvalue weighted by Crippen LogP contribution is -2.74. The number of piperidine rings is 1. The molecule has 190 valence electrons. The lowest BCUT2D eigenvalue weighted by atomic mass is 9.46. The van der Waals surface area contributed by atoms with E-state index in [1.165, 1.54) is 30.5 Å². The Labute approximate surface area is 214 Å². The Bertz CT molecular complexity index is 1170. The van der Waals surface area contributed by atoms with Gasteiger partial charge in [-0.15, -0.1) is 0 Å². The van der Waals surface area contributed by atoms with Gasteiger partial charge in [0.25, 0.3) is 0 Å². The van der Waals surface area contributed by atoms with Crippen molar-refractivity contribution in [2.75, 3.05) is 26.7 Å². The molecule has 5 fully saturated rings. The molecular formula is C31H38N2O3. The van der Waals surface area contributed by atoms with E-state index in [-0.39, 0.29) is 35.0 Å². The molecule has 8 rings (SSSR count). The molecule has 2 saturated carbocycles. The smallest absolute Gasteiger partial charge is 0.230 e. The minimum Gasteiger partial charge on any atom is -0.497 e. The van der Waals surface area contributed by atoms with Crippen LogP contribution in [0, 0.1) is 23.7 Å². The molecule has 0 aromatic heterocycles. The van der Waals surface area contributed by atoms with Gasteiger partial charge < -0.3 is 14.4 Å². The summed E-state index contributed by atoms with van der Waals surface area (Å²) in [6.07, 6.45) is 15.7. The van der Waals surface area contributed by atoms with E-state index >= 15 is 0 Å². The number of carbonyl (C=O) groups is 1. The minimum absolute atomic E-state index is 0.0175. The fraction of sp³-hybridized carbons (Fsp3) is 0.645. The molecule has 3 heterocycles. The second-order valence-corrected chi connectivity index (χ2v) is 12.7. The first-order valence-corrected chi connectivity index (χ1v) is 14.3. The van der Waals surface area contributed by atoms with Gasteiger partial charge in [-0.3, -0.25) is 9.69 Å². The third kappa shape index (κ3) is 2.66. The highest BCUT2D eigenvalue weighted by atomic mass is 16.5. The van der Waals surface area contributed by atoms with Crippen molar-refractivity contribution in [2.45, 2.75) is 74.7 Å². The third-order valence-corrected chi connectivity index (χ3v) is 11.2. The van der Waals surface area contributed by atoms with Crippen LogP contribution in [0.4, 0.5) is 0 Å². The lowest BCUT2D eigenvalue weighted by molar-refractivity contribution is -0.177. The summed E-state index contributed by atoms with van der Waals surface area (Å²) in [6.45, 7) is 5.32. The number of hydrogen-bond donors (Lipinski definition) is 0. The molecule has 5 heteroatoms. The van der Waals surface area contributed by atoms with E-state index in [0.717, 1.165) is 50.4 Å². The molecule has 0 N–H and O–H groups in total. The molecule has 8 atom stereocenters. The normalized spacial score (nSPS) is 43.9. The van der Waals surface area contributed by atoms with Crippen LogP contribution < -0.4 is 4.74 Å². The average molecular weight is 487 g/mol. The van der Waals surface area contributed by atoms with Gasteiger partial charge in [0.1, 0.15) is 5.75 Å². The number of rotatable bonds is 4. The first kappa shape index (κ1) is 21.9. The second kappa shape index (κ2) is 7.48. The Morgan fingerprint density at radius 3 is 2.83 bits per heavy atom. The topological polar surface area (TPSA) is 42.0 Å². The monoisotopic (exact) mass is 486 g/mol. The van der Waals surface area contributed by atoms with Crippen molar-refractivity contribution in [3.05, 3.63) is 53.6 Å². The van der Waals surface area contributed by atoms with Crippen molar-refractivity contribution in [1.82, 2.24) is 9.80 Å². The first-order valence-electron chi connectivity index (χ1n) is 14.3. The Balaban J connectivity index is 1.23. The van der Waals surface area contributed by atoms with Gasteiger partial charge in [0.15, 0.2) is 0 Å². The summed E-state index contributed by atoms with van der Waals surface area (Å²) in [5.74, 6) is 2.72. The summed E-state index contributed by atoms with van der Waals surface area (Å²) in [4.78, 5) is 19.0. The van der Waals surface area contributed by atoms with Crippen molar-refractivity contribution in [2.24, 2.45) is 23.7 Å². The quantitative estimate of drug-likeness (QED) is 0.643. The van der Waals surface area contributed by atoms with E-state index in [1.54, 1.807) is 7.11 Å². The zero-order chi connectivity index (χ0) is 24.2. The number of fused-ring (bicyclic) bond motifs is 1. The van der Waals surface area contributed by atoms with Crippen LogP contribution in [-0.2, 0) is 21.4 Å². The fourth-order valence-electron chi connectivity index (χ4n) is 9.61. The molecule has 7 aliphatic rings. The number of benzene rings is 1. The van der Waals surface area contributed by atoms with Crippen LogP contribution in [0.5, 0.6) is 5.75 Å². The standard InChI is InChI=1S/C31H38N2O3/c1-19-5-3-4-6-23(19)29(34)33-18-26-28-25(33)11-12-31(36-26)27-15-21-9-10-22(35-2)16-24(21)30(28,31)13-14-32(27)17-20-7-8-20/h3-6,9-10,16,19-20,23,25-28H,7-8,11-15,17-18H2,1-2H3/t19?,23?,25?,26-,27?,28?,30?,31?/m1/s1. The highest BCUT2D eigenvalue weighted by Crippen LogP contribution is 2.70. The zero-order valence-corrected chi connectivity index (χ0v) is 21.6. The highest BCUT2D eigenvalue weighted by molar-refractivity contribution is 5.82. The number of likely N-dealkylation sites (tertiary alicyclic amines) is 2. The van der Waals surface area contributed by atoms with Crippen LogP contribution in [0.2, 0.25) is 0 Å². The Kier molecular flexibility index (Phi) is 4.55. The molecule has 3 saturated heterocycles. The Hall–Kier alpha value is -2.11. The molecule has 4 aliphatic carbocycles. The maximum Gasteiger partial charge on any atom is 0.230 e. The number of hydrogen-bond acceptors (Lipinski definition) is 4. The van der Waals surface area contributed by atoms with Gasteiger partial charge in [0.05, 0.1) is 24.7 Å². The molecule has 0 radical (unpaired) electrons. The van der Waals surface area contributed by atoms with Crippen molar-refractivity contribution >= 4 is 5.91 Å². The van der Waals surface area contributed by atoms with Gasteiger partial charge in [0, 0.05) is 36.5 Å². The van der Waals surface area contributed by atoms with E-state index in [1.807, 2.05) is 6.08 Å². The Morgan fingerprint density at radius 2 is 2.03 bits per heavy atom. The van der Waals surface area contributed by atoms with Crippen molar-refractivity contribution in [3.8, 4) is 5.75 Å². The number of carbonyl (C=O) groups excluding carboxylic acids is 1. The van der Waals surface area contributed by atoms with E-state index < -0.39 is 0 Å². The van der Waals surface area contributed by atoms with Gasteiger partial charge in [-0.1, -0.05) is 37.3 Å². The molecule has 1 amide bonds. The highest BCUT2D eigenvalue weighted by Gasteiger charge is 2.78. The largest absolute Gasteiger partial charge is 0.497 e. The van der Waals surface area contributed by atoms with Gasteiger partial charge in [-0.25, -0.2) is 0 Å². The second-order valence-electron chi connectivity index (χ2n) is 12.7. The van der Waals surface area contributed by atoms with Crippen molar-refractivity contribution in [1.29, 1.82) is 0 Å². The van der Waals surface area contributed by atoms with Crippen LogP contribution in [0.25, 0.3) is 0 Å². The maximum atomic E-state index is 13.9. The van der Waals surface area contributed by atoms with Gasteiger partial charge in [-0.2, -0.15) is 0 Å². The maximum absolute atomic E-state index is 13.9. The molecule has 3 aliphatic heterocycles. The predicted octanol–water partition coefficient (Wildman–Crippen LogP) is 4.11. The van der Waals surface area contributed by atoms with Crippen LogP contribution in [-0.4, -0.2) is 66.2 Å². The number of allylic oxidation sites excluding steroid dienone is 3. The third-order valence-electron chi connectivity index (χ3n) is 11.2. The molecule has 1 aromatic rings. The zero-order valence-electron chi connectivity index (χ0n) is 21.6. The van der Waals surface area contributed by atoms with Crippen molar-refractivity contribution in [3.63, 3.8) is 0 Å². The molecule has 5 nitrogen and oxygen atoms in total. The molecule has 4 bridgehead atoms. The summed E-state index contributed by atoms with van der Waals surface area (Å²) in [6, 6.07) is 7.55.